The van der Waals surface area contributed by atoms with Crippen molar-refractivity contribution in [1.82, 2.24) is 0 Å². The minimum atomic E-state index is -0.266. The molecule has 0 radical (unpaired) electrons. The van der Waals surface area contributed by atoms with E-state index in [1.807, 2.05) is 31.2 Å². The highest BCUT2D eigenvalue weighted by Crippen LogP contribution is 2.37. The highest BCUT2D eigenvalue weighted by Gasteiger charge is 2.42. The normalized spacial score (nSPS) is 21.3. The van der Waals surface area contributed by atoms with Crippen LogP contribution in [0.4, 0.5) is 0 Å². The molecule has 6 nitrogen and oxygen atoms in total. The summed E-state index contributed by atoms with van der Waals surface area (Å²) in [4.78, 5) is 12.5. The molecule has 3 unspecified atom stereocenters. The number of cyclic esters (lactones) is 1. The number of ether oxygens (including phenoxy) is 4. The predicted molar refractivity (Wildman–Crippen MR) is 104 cm³/mol. The summed E-state index contributed by atoms with van der Waals surface area (Å²) in [6, 6.07) is 10.9. The molecule has 2 aromatic carbocycles. The van der Waals surface area contributed by atoms with Crippen LogP contribution in [0.3, 0.4) is 0 Å². The third kappa shape index (κ3) is 4.01. The second-order valence-electron chi connectivity index (χ2n) is 7.02. The standard InChI is InChI=1S/C22H26O6/c1-13-16(9-15-6-8-19(25-2)21(12-15)27-4)17(22(24)28-13)10-14-5-7-18(23)20(11-14)26-3/h5-8,11-13,16-17,23H,9-10H2,1-4H3. The summed E-state index contributed by atoms with van der Waals surface area (Å²) in [5.41, 5.74) is 1.98. The zero-order valence-electron chi connectivity index (χ0n) is 16.6. The smallest absolute Gasteiger partial charge is 0.309 e. The fourth-order valence-corrected chi connectivity index (χ4v) is 3.79. The van der Waals surface area contributed by atoms with Crippen molar-refractivity contribution in [2.75, 3.05) is 21.3 Å². The van der Waals surface area contributed by atoms with Crippen molar-refractivity contribution in [2.45, 2.75) is 25.9 Å². The first-order chi connectivity index (χ1) is 13.5. The Balaban J connectivity index is 1.82. The van der Waals surface area contributed by atoms with E-state index in [9.17, 15) is 9.90 Å². The van der Waals surface area contributed by atoms with Crippen LogP contribution in [0.5, 0.6) is 23.0 Å². The molecular formula is C22H26O6. The minimum Gasteiger partial charge on any atom is -0.504 e. The summed E-state index contributed by atoms with van der Waals surface area (Å²) in [6.07, 6.45) is 1.04. The Bertz CT molecular complexity index is 847. The lowest BCUT2D eigenvalue weighted by Crippen LogP contribution is -2.23. The lowest BCUT2D eigenvalue weighted by Gasteiger charge is -2.20. The quantitative estimate of drug-likeness (QED) is 0.736. The van der Waals surface area contributed by atoms with Gasteiger partial charge in [0, 0.05) is 5.92 Å². The van der Waals surface area contributed by atoms with Crippen LogP contribution in [0.25, 0.3) is 0 Å². The Labute approximate surface area is 165 Å². The maximum absolute atomic E-state index is 12.5. The van der Waals surface area contributed by atoms with Gasteiger partial charge in [-0.3, -0.25) is 4.79 Å². The number of benzene rings is 2. The fourth-order valence-electron chi connectivity index (χ4n) is 3.79. The van der Waals surface area contributed by atoms with Crippen molar-refractivity contribution in [3.8, 4) is 23.0 Å². The van der Waals surface area contributed by atoms with Gasteiger partial charge in [0.2, 0.25) is 0 Å². The largest absolute Gasteiger partial charge is 0.504 e. The number of esters is 1. The molecule has 2 aromatic rings. The minimum absolute atomic E-state index is 0.0328. The molecule has 3 rings (SSSR count). The van der Waals surface area contributed by atoms with E-state index in [4.69, 9.17) is 18.9 Å². The van der Waals surface area contributed by atoms with Crippen LogP contribution in [0.2, 0.25) is 0 Å². The van der Waals surface area contributed by atoms with Crippen LogP contribution in [0.1, 0.15) is 18.1 Å². The van der Waals surface area contributed by atoms with Gasteiger partial charge in [-0.25, -0.2) is 0 Å². The van der Waals surface area contributed by atoms with Crippen molar-refractivity contribution >= 4 is 5.97 Å². The lowest BCUT2D eigenvalue weighted by atomic mass is 9.82. The Morgan fingerprint density at radius 3 is 2.18 bits per heavy atom. The van der Waals surface area contributed by atoms with E-state index in [1.54, 1.807) is 26.4 Å². The molecule has 0 saturated carbocycles. The number of methoxy groups -OCH3 is 3. The van der Waals surface area contributed by atoms with E-state index < -0.39 is 0 Å². The monoisotopic (exact) mass is 386 g/mol. The van der Waals surface area contributed by atoms with Crippen molar-refractivity contribution in [2.24, 2.45) is 11.8 Å². The zero-order chi connectivity index (χ0) is 20.3. The molecule has 0 aliphatic carbocycles. The average molecular weight is 386 g/mol. The maximum atomic E-state index is 12.5. The Kier molecular flexibility index (Phi) is 5.97. The number of carbonyl (C=O) groups excluding carboxylic acids is 1. The van der Waals surface area contributed by atoms with Gasteiger partial charge >= 0.3 is 5.97 Å². The number of hydrogen-bond donors (Lipinski definition) is 1. The zero-order valence-corrected chi connectivity index (χ0v) is 16.6. The highest BCUT2D eigenvalue weighted by atomic mass is 16.6. The van der Waals surface area contributed by atoms with Crippen molar-refractivity contribution < 1.29 is 28.8 Å². The van der Waals surface area contributed by atoms with E-state index in [1.165, 1.54) is 7.11 Å². The van der Waals surface area contributed by atoms with E-state index in [-0.39, 0.29) is 29.7 Å². The molecule has 6 heteroatoms. The Morgan fingerprint density at radius 1 is 0.893 bits per heavy atom. The molecular weight excluding hydrogens is 360 g/mol. The van der Waals surface area contributed by atoms with E-state index in [0.29, 0.717) is 30.1 Å². The van der Waals surface area contributed by atoms with Gasteiger partial charge in [-0.05, 0) is 55.2 Å². The Morgan fingerprint density at radius 2 is 1.50 bits per heavy atom. The molecule has 28 heavy (non-hydrogen) atoms. The van der Waals surface area contributed by atoms with Gasteiger partial charge in [0.25, 0.3) is 0 Å². The summed E-state index contributed by atoms with van der Waals surface area (Å²) in [5, 5.41) is 9.79. The first-order valence-electron chi connectivity index (χ1n) is 9.24. The third-order valence-electron chi connectivity index (χ3n) is 5.34. The second-order valence-corrected chi connectivity index (χ2v) is 7.02. The fraction of sp³-hybridized carbons (Fsp3) is 0.409. The summed E-state index contributed by atoms with van der Waals surface area (Å²) < 4.78 is 21.4. The van der Waals surface area contributed by atoms with Crippen LogP contribution < -0.4 is 14.2 Å². The number of carbonyl (C=O) groups is 1. The molecule has 150 valence electrons. The molecule has 0 aromatic heterocycles. The van der Waals surface area contributed by atoms with Crippen molar-refractivity contribution in [1.29, 1.82) is 0 Å². The number of phenolic OH excluding ortho intramolecular Hbond substituents is 1. The van der Waals surface area contributed by atoms with Gasteiger partial charge in [-0.1, -0.05) is 12.1 Å². The van der Waals surface area contributed by atoms with E-state index in [2.05, 4.69) is 0 Å². The van der Waals surface area contributed by atoms with Gasteiger partial charge in [0.15, 0.2) is 23.0 Å². The average Bonchev–Trinajstić information content (AvgIpc) is 2.96. The predicted octanol–water partition coefficient (Wildman–Crippen LogP) is 3.38. The summed E-state index contributed by atoms with van der Waals surface area (Å²) in [5.74, 6) is 1.39. The highest BCUT2D eigenvalue weighted by molar-refractivity contribution is 5.75. The second kappa shape index (κ2) is 8.42. The summed E-state index contributed by atoms with van der Waals surface area (Å²) in [7, 11) is 4.71. The van der Waals surface area contributed by atoms with Crippen molar-refractivity contribution in [3.63, 3.8) is 0 Å². The van der Waals surface area contributed by atoms with Gasteiger partial charge in [0.05, 0.1) is 27.2 Å². The molecule has 3 atom stereocenters. The number of phenols is 1. The van der Waals surface area contributed by atoms with Gasteiger partial charge in [0.1, 0.15) is 6.10 Å². The van der Waals surface area contributed by atoms with Gasteiger partial charge in [-0.15, -0.1) is 0 Å². The number of rotatable bonds is 7. The van der Waals surface area contributed by atoms with Crippen LogP contribution in [-0.4, -0.2) is 38.5 Å². The summed E-state index contributed by atoms with van der Waals surface area (Å²) >= 11 is 0. The van der Waals surface area contributed by atoms with E-state index >= 15 is 0 Å². The maximum Gasteiger partial charge on any atom is 0.309 e. The van der Waals surface area contributed by atoms with Crippen LogP contribution in [0, 0.1) is 11.8 Å². The molecule has 1 aliphatic rings. The lowest BCUT2D eigenvalue weighted by molar-refractivity contribution is -0.143. The molecule has 1 saturated heterocycles. The van der Waals surface area contributed by atoms with Crippen LogP contribution in [0.15, 0.2) is 36.4 Å². The number of aromatic hydroxyl groups is 1. The molecule has 0 bridgehead atoms. The summed E-state index contributed by atoms with van der Waals surface area (Å²) in [6.45, 7) is 1.93. The molecule has 1 fully saturated rings. The molecule has 0 amide bonds. The van der Waals surface area contributed by atoms with E-state index in [0.717, 1.165) is 11.1 Å². The molecule has 1 aliphatic heterocycles. The topological polar surface area (TPSA) is 74.2 Å². The van der Waals surface area contributed by atoms with Crippen LogP contribution >= 0.6 is 0 Å². The van der Waals surface area contributed by atoms with Gasteiger partial charge < -0.3 is 24.1 Å². The SMILES string of the molecule is COc1cc(CC2C(=O)OC(C)C2Cc2ccc(OC)c(OC)c2)ccc1O. The molecule has 1 heterocycles. The third-order valence-corrected chi connectivity index (χ3v) is 5.34. The van der Waals surface area contributed by atoms with Crippen molar-refractivity contribution in [3.05, 3.63) is 47.5 Å². The first kappa shape index (κ1) is 19.9. The van der Waals surface area contributed by atoms with Gasteiger partial charge in [-0.2, -0.15) is 0 Å². The Hall–Kier alpha value is -2.89. The molecule has 0 spiro atoms. The molecule has 1 N–H and O–H groups in total. The number of hydrogen-bond acceptors (Lipinski definition) is 6. The first-order valence-corrected chi connectivity index (χ1v) is 9.24. The van der Waals surface area contributed by atoms with Crippen LogP contribution in [-0.2, 0) is 22.4 Å².